The summed E-state index contributed by atoms with van der Waals surface area (Å²) in [6.45, 7) is 1.05. The highest BCUT2D eigenvalue weighted by atomic mass is 16.5. The third-order valence-electron chi connectivity index (χ3n) is 3.94. The maximum Gasteiger partial charge on any atom is 0.306 e. The molecule has 0 saturated heterocycles. The molecule has 0 N–H and O–H groups in total. The van der Waals surface area contributed by atoms with E-state index in [4.69, 9.17) is 9.47 Å². The van der Waals surface area contributed by atoms with Crippen molar-refractivity contribution in [1.82, 2.24) is 0 Å². The molecule has 0 atom stereocenters. The summed E-state index contributed by atoms with van der Waals surface area (Å²) in [7, 11) is 0. The summed E-state index contributed by atoms with van der Waals surface area (Å²) in [6.07, 6.45) is 7.44. The van der Waals surface area contributed by atoms with E-state index in [0.717, 1.165) is 25.7 Å². The van der Waals surface area contributed by atoms with Gasteiger partial charge in [-0.05, 0) is 37.5 Å². The van der Waals surface area contributed by atoms with Crippen LogP contribution >= 0.6 is 0 Å². The summed E-state index contributed by atoms with van der Waals surface area (Å²) in [5.74, 6) is 0.559. The predicted octanol–water partition coefficient (Wildman–Crippen LogP) is 2.45. The third kappa shape index (κ3) is 4.31. The minimum absolute atomic E-state index is 0.149. The second kappa shape index (κ2) is 6.76. The SMILES string of the molecule is O=C(CCC(=O)OCC1CCC1)OCC1CCC1. The quantitative estimate of drug-likeness (QED) is 0.655. The predicted molar refractivity (Wildman–Crippen MR) is 65.8 cm³/mol. The Kier molecular flexibility index (Phi) is 5.02. The molecule has 0 aromatic rings. The van der Waals surface area contributed by atoms with Crippen LogP contribution in [0.25, 0.3) is 0 Å². The van der Waals surface area contributed by atoms with Crippen LogP contribution in [0.15, 0.2) is 0 Å². The van der Waals surface area contributed by atoms with Crippen molar-refractivity contribution in [2.24, 2.45) is 11.8 Å². The highest BCUT2D eigenvalue weighted by molar-refractivity contribution is 5.77. The molecule has 18 heavy (non-hydrogen) atoms. The van der Waals surface area contributed by atoms with Crippen LogP contribution in [-0.2, 0) is 19.1 Å². The monoisotopic (exact) mass is 254 g/mol. The Balaban J connectivity index is 1.47. The summed E-state index contributed by atoms with van der Waals surface area (Å²) in [6, 6.07) is 0. The summed E-state index contributed by atoms with van der Waals surface area (Å²) in [5.41, 5.74) is 0. The molecular weight excluding hydrogens is 232 g/mol. The van der Waals surface area contributed by atoms with Gasteiger partial charge in [0.2, 0.25) is 0 Å². The largest absolute Gasteiger partial charge is 0.465 e. The number of esters is 2. The molecule has 0 aliphatic heterocycles. The van der Waals surface area contributed by atoms with Gasteiger partial charge in [0.25, 0.3) is 0 Å². The van der Waals surface area contributed by atoms with Gasteiger partial charge in [-0.2, -0.15) is 0 Å². The van der Waals surface area contributed by atoms with Crippen molar-refractivity contribution >= 4 is 11.9 Å². The smallest absolute Gasteiger partial charge is 0.306 e. The standard InChI is InChI=1S/C14H22O4/c15-13(17-9-11-3-1-4-11)7-8-14(16)18-10-12-5-2-6-12/h11-12H,1-10H2. The lowest BCUT2D eigenvalue weighted by atomic mass is 9.86. The number of rotatable bonds is 7. The molecule has 0 aromatic heterocycles. The number of hydrogen-bond acceptors (Lipinski definition) is 4. The molecule has 0 heterocycles. The normalized spacial score (nSPS) is 19.8. The highest BCUT2D eigenvalue weighted by Crippen LogP contribution is 2.27. The van der Waals surface area contributed by atoms with Crippen molar-refractivity contribution in [3.8, 4) is 0 Å². The second-order valence-electron chi connectivity index (χ2n) is 5.46. The minimum atomic E-state index is -0.275. The topological polar surface area (TPSA) is 52.6 Å². The van der Waals surface area contributed by atoms with Crippen molar-refractivity contribution in [2.45, 2.75) is 51.4 Å². The molecule has 2 fully saturated rings. The first-order valence-corrected chi connectivity index (χ1v) is 7.05. The summed E-state index contributed by atoms with van der Waals surface area (Å²) >= 11 is 0. The molecule has 2 aliphatic carbocycles. The van der Waals surface area contributed by atoms with Gasteiger partial charge in [-0.1, -0.05) is 12.8 Å². The van der Waals surface area contributed by atoms with Crippen LogP contribution in [0.3, 0.4) is 0 Å². The van der Waals surface area contributed by atoms with E-state index in [1.807, 2.05) is 0 Å². The molecule has 4 heteroatoms. The van der Waals surface area contributed by atoms with E-state index in [1.54, 1.807) is 0 Å². The molecule has 0 spiro atoms. The van der Waals surface area contributed by atoms with E-state index in [-0.39, 0.29) is 24.8 Å². The Morgan fingerprint density at radius 2 is 1.17 bits per heavy atom. The van der Waals surface area contributed by atoms with E-state index in [9.17, 15) is 9.59 Å². The van der Waals surface area contributed by atoms with Crippen molar-refractivity contribution in [3.05, 3.63) is 0 Å². The van der Waals surface area contributed by atoms with Crippen molar-refractivity contribution in [1.29, 1.82) is 0 Å². The van der Waals surface area contributed by atoms with E-state index in [0.29, 0.717) is 25.0 Å². The molecule has 0 radical (unpaired) electrons. The fourth-order valence-electron chi connectivity index (χ4n) is 2.09. The molecule has 4 nitrogen and oxygen atoms in total. The zero-order valence-corrected chi connectivity index (χ0v) is 10.9. The molecule has 0 unspecified atom stereocenters. The zero-order chi connectivity index (χ0) is 12.8. The first kappa shape index (κ1) is 13.4. The summed E-state index contributed by atoms with van der Waals surface area (Å²) in [4.78, 5) is 22.7. The van der Waals surface area contributed by atoms with Crippen LogP contribution in [0.5, 0.6) is 0 Å². The van der Waals surface area contributed by atoms with Gasteiger partial charge in [-0.15, -0.1) is 0 Å². The van der Waals surface area contributed by atoms with Gasteiger partial charge in [0, 0.05) is 0 Å². The number of carbonyl (C=O) groups is 2. The van der Waals surface area contributed by atoms with Crippen LogP contribution < -0.4 is 0 Å². The molecule has 102 valence electrons. The van der Waals surface area contributed by atoms with Gasteiger partial charge in [0.05, 0.1) is 26.1 Å². The molecule has 0 aromatic carbocycles. The van der Waals surface area contributed by atoms with Gasteiger partial charge in [0.1, 0.15) is 0 Å². The summed E-state index contributed by atoms with van der Waals surface area (Å²) in [5, 5.41) is 0. The van der Waals surface area contributed by atoms with E-state index < -0.39 is 0 Å². The lowest BCUT2D eigenvalue weighted by Gasteiger charge is -2.25. The first-order chi connectivity index (χ1) is 8.74. The van der Waals surface area contributed by atoms with Gasteiger partial charge in [-0.25, -0.2) is 0 Å². The lowest BCUT2D eigenvalue weighted by Crippen LogP contribution is -2.22. The number of carbonyl (C=O) groups excluding carboxylic acids is 2. The van der Waals surface area contributed by atoms with Crippen LogP contribution in [0.4, 0.5) is 0 Å². The van der Waals surface area contributed by atoms with E-state index in [1.165, 1.54) is 12.8 Å². The molecule has 2 rings (SSSR count). The van der Waals surface area contributed by atoms with Gasteiger partial charge >= 0.3 is 11.9 Å². The van der Waals surface area contributed by atoms with Crippen LogP contribution in [0.2, 0.25) is 0 Å². The van der Waals surface area contributed by atoms with E-state index >= 15 is 0 Å². The second-order valence-corrected chi connectivity index (χ2v) is 5.46. The number of hydrogen-bond donors (Lipinski definition) is 0. The van der Waals surface area contributed by atoms with Gasteiger partial charge in [0.15, 0.2) is 0 Å². The molecule has 2 aliphatic rings. The molecule has 0 bridgehead atoms. The fourth-order valence-corrected chi connectivity index (χ4v) is 2.09. The van der Waals surface area contributed by atoms with E-state index in [2.05, 4.69) is 0 Å². The Bertz CT molecular complexity index is 262. The Morgan fingerprint density at radius 1 is 0.778 bits per heavy atom. The molecule has 2 saturated carbocycles. The highest BCUT2D eigenvalue weighted by Gasteiger charge is 2.21. The molecule has 0 amide bonds. The average molecular weight is 254 g/mol. The molecular formula is C14H22O4. The first-order valence-electron chi connectivity index (χ1n) is 7.05. The van der Waals surface area contributed by atoms with Gasteiger partial charge < -0.3 is 9.47 Å². The minimum Gasteiger partial charge on any atom is -0.465 e. The Morgan fingerprint density at radius 3 is 1.44 bits per heavy atom. The maximum absolute atomic E-state index is 11.4. The van der Waals surface area contributed by atoms with Crippen molar-refractivity contribution in [3.63, 3.8) is 0 Å². The maximum atomic E-state index is 11.4. The Hall–Kier alpha value is -1.06. The lowest BCUT2D eigenvalue weighted by molar-refractivity contribution is -0.152. The van der Waals surface area contributed by atoms with Gasteiger partial charge in [-0.3, -0.25) is 9.59 Å². The van der Waals surface area contributed by atoms with Crippen molar-refractivity contribution in [2.75, 3.05) is 13.2 Å². The Labute approximate surface area is 108 Å². The zero-order valence-electron chi connectivity index (χ0n) is 10.9. The van der Waals surface area contributed by atoms with Crippen molar-refractivity contribution < 1.29 is 19.1 Å². The number of ether oxygens (including phenoxy) is 2. The van der Waals surface area contributed by atoms with Crippen LogP contribution in [0.1, 0.15) is 51.4 Å². The van der Waals surface area contributed by atoms with Crippen LogP contribution in [0, 0.1) is 11.8 Å². The third-order valence-corrected chi connectivity index (χ3v) is 3.94. The fraction of sp³-hybridized carbons (Fsp3) is 0.857. The van der Waals surface area contributed by atoms with Crippen LogP contribution in [-0.4, -0.2) is 25.2 Å². The summed E-state index contributed by atoms with van der Waals surface area (Å²) < 4.78 is 10.2. The average Bonchev–Trinajstić information content (AvgIpc) is 2.22.